The molecule has 5 nitrogen and oxygen atoms in total. The van der Waals surface area contributed by atoms with Gasteiger partial charge in [0.05, 0.1) is 26.0 Å². The molecule has 0 aliphatic heterocycles. The fourth-order valence-corrected chi connectivity index (χ4v) is 2.31. The lowest BCUT2D eigenvalue weighted by Gasteiger charge is -2.18. The second kappa shape index (κ2) is 5.79. The molecule has 0 radical (unpaired) electrons. The summed E-state index contributed by atoms with van der Waals surface area (Å²) in [6.07, 6.45) is 0. The minimum absolute atomic E-state index is 0.0613. The summed E-state index contributed by atoms with van der Waals surface area (Å²) < 4.78 is 14.5. The predicted molar refractivity (Wildman–Crippen MR) is 70.4 cm³/mol. The molecular weight excluding hydrogens is 250 g/mol. The molecule has 6 heteroatoms. The van der Waals surface area contributed by atoms with Crippen LogP contribution in [0.2, 0.25) is 0 Å². The molecule has 18 heavy (non-hydrogen) atoms. The number of hydrogen-bond acceptors (Lipinski definition) is 6. The normalized spacial score (nSPS) is 12.2. The molecular formula is C12H15N3O2S. The first-order valence-electron chi connectivity index (χ1n) is 5.46. The van der Waals surface area contributed by atoms with Gasteiger partial charge in [0.25, 0.3) is 0 Å². The SMILES string of the molecule is CNC(c1csnn1)c1cc(OC)ccc1OC. The molecule has 1 unspecified atom stereocenters. The van der Waals surface area contributed by atoms with Crippen molar-refractivity contribution in [2.75, 3.05) is 21.3 Å². The van der Waals surface area contributed by atoms with Crippen LogP contribution < -0.4 is 14.8 Å². The second-order valence-corrected chi connectivity index (χ2v) is 4.27. The largest absolute Gasteiger partial charge is 0.497 e. The molecule has 0 aliphatic carbocycles. The minimum atomic E-state index is -0.0613. The summed E-state index contributed by atoms with van der Waals surface area (Å²) in [5.41, 5.74) is 1.85. The summed E-state index contributed by atoms with van der Waals surface area (Å²) in [7, 11) is 5.17. The summed E-state index contributed by atoms with van der Waals surface area (Å²) in [4.78, 5) is 0. The van der Waals surface area contributed by atoms with Crippen molar-refractivity contribution in [1.82, 2.24) is 14.9 Å². The monoisotopic (exact) mass is 265 g/mol. The summed E-state index contributed by atoms with van der Waals surface area (Å²) in [6, 6.07) is 5.64. The Kier molecular flexibility index (Phi) is 4.11. The van der Waals surface area contributed by atoms with Crippen LogP contribution in [0, 0.1) is 0 Å². The summed E-state index contributed by atoms with van der Waals surface area (Å²) in [6.45, 7) is 0. The average Bonchev–Trinajstić information content (AvgIpc) is 2.93. The lowest BCUT2D eigenvalue weighted by atomic mass is 10.0. The maximum absolute atomic E-state index is 5.39. The highest BCUT2D eigenvalue weighted by atomic mass is 32.1. The fraction of sp³-hybridized carbons (Fsp3) is 0.333. The van der Waals surface area contributed by atoms with Crippen molar-refractivity contribution in [3.8, 4) is 11.5 Å². The first-order valence-corrected chi connectivity index (χ1v) is 6.30. The Morgan fingerprint density at radius 3 is 2.67 bits per heavy atom. The molecule has 1 heterocycles. The lowest BCUT2D eigenvalue weighted by Crippen LogP contribution is -2.19. The van der Waals surface area contributed by atoms with Gasteiger partial charge in [-0.25, -0.2) is 0 Å². The highest BCUT2D eigenvalue weighted by molar-refractivity contribution is 7.03. The van der Waals surface area contributed by atoms with Crippen molar-refractivity contribution in [1.29, 1.82) is 0 Å². The maximum Gasteiger partial charge on any atom is 0.124 e. The molecule has 0 aliphatic rings. The second-order valence-electron chi connectivity index (χ2n) is 3.66. The average molecular weight is 265 g/mol. The van der Waals surface area contributed by atoms with Gasteiger partial charge in [0.2, 0.25) is 0 Å². The zero-order valence-electron chi connectivity index (χ0n) is 10.5. The van der Waals surface area contributed by atoms with E-state index in [4.69, 9.17) is 9.47 Å². The predicted octanol–water partition coefficient (Wildman–Crippen LogP) is 1.86. The van der Waals surface area contributed by atoms with Crippen molar-refractivity contribution in [3.63, 3.8) is 0 Å². The topological polar surface area (TPSA) is 56.3 Å². The van der Waals surface area contributed by atoms with Crippen LogP contribution in [0.1, 0.15) is 17.3 Å². The van der Waals surface area contributed by atoms with E-state index in [1.807, 2.05) is 30.6 Å². The number of nitrogens with zero attached hydrogens (tertiary/aromatic N) is 2. The van der Waals surface area contributed by atoms with Crippen LogP contribution in [0.25, 0.3) is 0 Å². The van der Waals surface area contributed by atoms with E-state index in [0.29, 0.717) is 0 Å². The van der Waals surface area contributed by atoms with Crippen molar-refractivity contribution < 1.29 is 9.47 Å². The number of ether oxygens (including phenoxy) is 2. The Balaban J connectivity index is 2.46. The Morgan fingerprint density at radius 1 is 1.28 bits per heavy atom. The molecule has 0 saturated heterocycles. The van der Waals surface area contributed by atoms with Crippen LogP contribution in [0.3, 0.4) is 0 Å². The first-order chi connectivity index (χ1) is 8.80. The number of benzene rings is 1. The van der Waals surface area contributed by atoms with Crippen LogP contribution in [0.5, 0.6) is 11.5 Å². The molecule has 0 bridgehead atoms. The van der Waals surface area contributed by atoms with Gasteiger partial charge in [-0.3, -0.25) is 0 Å². The van der Waals surface area contributed by atoms with Crippen LogP contribution in [-0.2, 0) is 0 Å². The van der Waals surface area contributed by atoms with E-state index in [1.165, 1.54) is 11.5 Å². The van der Waals surface area contributed by atoms with Gasteiger partial charge < -0.3 is 14.8 Å². The molecule has 1 atom stereocenters. The van der Waals surface area contributed by atoms with E-state index >= 15 is 0 Å². The number of rotatable bonds is 5. The third kappa shape index (κ3) is 2.44. The maximum atomic E-state index is 5.39. The molecule has 0 saturated carbocycles. The molecule has 2 aromatic rings. The molecule has 2 rings (SSSR count). The zero-order chi connectivity index (χ0) is 13.0. The van der Waals surface area contributed by atoms with Crippen LogP contribution in [-0.4, -0.2) is 30.9 Å². The summed E-state index contributed by atoms with van der Waals surface area (Å²) in [5, 5.41) is 9.24. The third-order valence-corrected chi connectivity index (χ3v) is 3.23. The van der Waals surface area contributed by atoms with E-state index in [1.54, 1.807) is 14.2 Å². The van der Waals surface area contributed by atoms with Gasteiger partial charge >= 0.3 is 0 Å². The number of methoxy groups -OCH3 is 2. The van der Waals surface area contributed by atoms with Crippen LogP contribution >= 0.6 is 11.5 Å². The molecule has 96 valence electrons. The zero-order valence-corrected chi connectivity index (χ0v) is 11.3. The molecule has 0 amide bonds. The molecule has 1 aromatic heterocycles. The van der Waals surface area contributed by atoms with Gasteiger partial charge in [-0.2, -0.15) is 0 Å². The molecule has 1 aromatic carbocycles. The van der Waals surface area contributed by atoms with E-state index in [-0.39, 0.29) is 6.04 Å². The van der Waals surface area contributed by atoms with Gasteiger partial charge in [-0.1, -0.05) is 4.49 Å². The third-order valence-electron chi connectivity index (χ3n) is 2.71. The van der Waals surface area contributed by atoms with Crippen molar-refractivity contribution in [3.05, 3.63) is 34.8 Å². The van der Waals surface area contributed by atoms with Crippen molar-refractivity contribution in [2.24, 2.45) is 0 Å². The van der Waals surface area contributed by atoms with Crippen LogP contribution in [0.4, 0.5) is 0 Å². The Labute approximate surface area is 110 Å². The van der Waals surface area contributed by atoms with Gasteiger partial charge in [0.15, 0.2) is 0 Å². The van der Waals surface area contributed by atoms with E-state index in [0.717, 1.165) is 22.8 Å². The Morgan fingerprint density at radius 2 is 2.11 bits per heavy atom. The minimum Gasteiger partial charge on any atom is -0.497 e. The summed E-state index contributed by atoms with van der Waals surface area (Å²) >= 11 is 1.33. The van der Waals surface area contributed by atoms with Gasteiger partial charge in [-0.15, -0.1) is 5.10 Å². The van der Waals surface area contributed by atoms with E-state index < -0.39 is 0 Å². The number of hydrogen-bond donors (Lipinski definition) is 1. The smallest absolute Gasteiger partial charge is 0.124 e. The van der Waals surface area contributed by atoms with Crippen LogP contribution in [0.15, 0.2) is 23.6 Å². The lowest BCUT2D eigenvalue weighted by molar-refractivity contribution is 0.394. The number of aromatic nitrogens is 2. The molecule has 0 spiro atoms. The Bertz CT molecular complexity index is 502. The first kappa shape index (κ1) is 12.8. The fourth-order valence-electron chi connectivity index (χ4n) is 1.83. The number of nitrogens with one attached hydrogen (secondary N) is 1. The van der Waals surface area contributed by atoms with Crippen molar-refractivity contribution in [2.45, 2.75) is 6.04 Å². The van der Waals surface area contributed by atoms with Gasteiger partial charge in [-0.05, 0) is 36.8 Å². The molecule has 1 N–H and O–H groups in total. The summed E-state index contributed by atoms with van der Waals surface area (Å²) in [5.74, 6) is 1.58. The van der Waals surface area contributed by atoms with Crippen molar-refractivity contribution >= 4 is 11.5 Å². The highest BCUT2D eigenvalue weighted by Crippen LogP contribution is 2.32. The molecule has 0 fully saturated rings. The Hall–Kier alpha value is -1.66. The van der Waals surface area contributed by atoms with Gasteiger partial charge in [0, 0.05) is 10.9 Å². The van der Waals surface area contributed by atoms with Gasteiger partial charge in [0.1, 0.15) is 11.5 Å². The highest BCUT2D eigenvalue weighted by Gasteiger charge is 2.19. The standard InChI is InChI=1S/C12H15N3O2S/c1-13-12(10-7-18-15-14-10)9-6-8(16-2)4-5-11(9)17-3/h4-7,12-13H,1-3H3. The quantitative estimate of drug-likeness (QED) is 0.894. The van der Waals surface area contributed by atoms with E-state index in [2.05, 4.69) is 14.9 Å². The van der Waals surface area contributed by atoms with E-state index in [9.17, 15) is 0 Å².